The highest BCUT2D eigenvalue weighted by molar-refractivity contribution is 7.11. The largest absolute Gasteiger partial charge is 0.314 e. The van der Waals surface area contributed by atoms with E-state index in [-0.39, 0.29) is 0 Å². The second-order valence-electron chi connectivity index (χ2n) is 4.00. The van der Waals surface area contributed by atoms with E-state index in [0.717, 1.165) is 24.0 Å². The summed E-state index contributed by atoms with van der Waals surface area (Å²) in [5, 5.41) is 6.42. The van der Waals surface area contributed by atoms with Crippen LogP contribution in [0.25, 0.3) is 5.57 Å². The van der Waals surface area contributed by atoms with Crippen molar-refractivity contribution in [3.8, 4) is 0 Å². The summed E-state index contributed by atoms with van der Waals surface area (Å²) in [7, 11) is 0. The highest BCUT2D eigenvalue weighted by Crippen LogP contribution is 2.29. The number of nitrogens with one attached hydrogen (secondary N) is 1. The van der Waals surface area contributed by atoms with Gasteiger partial charge in [-0.3, -0.25) is 0 Å². The van der Waals surface area contributed by atoms with Crippen LogP contribution in [0.1, 0.15) is 31.1 Å². The first-order chi connectivity index (χ1) is 7.27. The molecule has 1 N–H and O–H groups in total. The zero-order valence-electron chi connectivity index (χ0n) is 8.92. The van der Waals surface area contributed by atoms with Gasteiger partial charge in [0, 0.05) is 10.9 Å². The van der Waals surface area contributed by atoms with Gasteiger partial charge in [0.15, 0.2) is 0 Å². The van der Waals surface area contributed by atoms with Crippen molar-refractivity contribution >= 4 is 28.5 Å². The number of hydrogen-bond donors (Lipinski definition) is 1. The van der Waals surface area contributed by atoms with Crippen molar-refractivity contribution in [1.82, 2.24) is 5.32 Å². The average molecular weight is 242 g/mol. The van der Waals surface area contributed by atoms with E-state index < -0.39 is 0 Å². The lowest BCUT2D eigenvalue weighted by atomic mass is 10.2. The summed E-state index contributed by atoms with van der Waals surface area (Å²) >= 11 is 7.78. The molecule has 1 aliphatic rings. The zero-order valence-corrected chi connectivity index (χ0v) is 10.5. The van der Waals surface area contributed by atoms with E-state index in [1.165, 1.54) is 23.3 Å². The smallest absolute Gasteiger partial charge is 0.0588 e. The molecule has 1 aromatic heterocycles. The van der Waals surface area contributed by atoms with Crippen molar-refractivity contribution in [3.05, 3.63) is 27.4 Å². The summed E-state index contributed by atoms with van der Waals surface area (Å²) in [6.45, 7) is 3.22. The predicted molar refractivity (Wildman–Crippen MR) is 68.6 cm³/mol. The van der Waals surface area contributed by atoms with Crippen LogP contribution in [0.3, 0.4) is 0 Å². The van der Waals surface area contributed by atoms with Crippen molar-refractivity contribution in [2.24, 2.45) is 0 Å². The summed E-state index contributed by atoms with van der Waals surface area (Å²) in [5.74, 6) is 0. The van der Waals surface area contributed by atoms with Crippen LogP contribution < -0.4 is 5.32 Å². The van der Waals surface area contributed by atoms with Gasteiger partial charge in [-0.1, -0.05) is 17.7 Å². The third-order valence-electron chi connectivity index (χ3n) is 2.58. The summed E-state index contributed by atoms with van der Waals surface area (Å²) in [4.78, 5) is 1.21. The van der Waals surface area contributed by atoms with Crippen molar-refractivity contribution in [2.45, 2.75) is 32.2 Å². The number of hydrogen-bond acceptors (Lipinski definition) is 2. The molecule has 1 saturated carbocycles. The van der Waals surface area contributed by atoms with Gasteiger partial charge in [0.25, 0.3) is 0 Å². The van der Waals surface area contributed by atoms with Crippen LogP contribution >= 0.6 is 22.9 Å². The molecule has 0 unspecified atom stereocenters. The third-order valence-corrected chi connectivity index (χ3v) is 4.06. The Morgan fingerprint density at radius 1 is 1.67 bits per heavy atom. The Kier molecular flexibility index (Phi) is 3.84. The van der Waals surface area contributed by atoms with E-state index in [0.29, 0.717) is 0 Å². The molecule has 0 saturated heterocycles. The normalized spacial score (nSPS) is 17.1. The SMILES string of the molecule is C/C(=C/CCNC1CC1)c1sccc1Cl. The van der Waals surface area contributed by atoms with E-state index in [1.54, 1.807) is 11.3 Å². The maximum Gasteiger partial charge on any atom is 0.0588 e. The maximum atomic E-state index is 6.06. The molecule has 1 heterocycles. The van der Waals surface area contributed by atoms with E-state index in [4.69, 9.17) is 11.6 Å². The van der Waals surface area contributed by atoms with E-state index in [9.17, 15) is 0 Å². The van der Waals surface area contributed by atoms with Crippen LogP contribution in [0.4, 0.5) is 0 Å². The second-order valence-corrected chi connectivity index (χ2v) is 5.33. The van der Waals surface area contributed by atoms with Crippen LogP contribution in [-0.4, -0.2) is 12.6 Å². The lowest BCUT2D eigenvalue weighted by Gasteiger charge is -2.01. The van der Waals surface area contributed by atoms with Gasteiger partial charge in [-0.25, -0.2) is 0 Å². The molecule has 0 spiro atoms. The minimum absolute atomic E-state index is 0.809. The molecular weight excluding hydrogens is 226 g/mol. The van der Waals surface area contributed by atoms with Crippen LogP contribution in [0, 0.1) is 0 Å². The zero-order chi connectivity index (χ0) is 10.7. The van der Waals surface area contributed by atoms with Gasteiger partial charge in [0.05, 0.1) is 5.02 Å². The summed E-state index contributed by atoms with van der Waals surface area (Å²) in [6, 6.07) is 2.77. The van der Waals surface area contributed by atoms with Gasteiger partial charge in [-0.2, -0.15) is 0 Å². The topological polar surface area (TPSA) is 12.0 Å². The molecule has 0 amide bonds. The molecule has 0 aliphatic heterocycles. The van der Waals surface area contributed by atoms with Gasteiger partial charge in [0.2, 0.25) is 0 Å². The van der Waals surface area contributed by atoms with Gasteiger partial charge in [-0.15, -0.1) is 11.3 Å². The average Bonchev–Trinajstić information content (AvgIpc) is 2.94. The van der Waals surface area contributed by atoms with Crippen LogP contribution in [0.2, 0.25) is 5.02 Å². The molecule has 1 aliphatic carbocycles. The van der Waals surface area contributed by atoms with Gasteiger partial charge < -0.3 is 5.32 Å². The molecule has 1 fully saturated rings. The summed E-state index contributed by atoms with van der Waals surface area (Å²) < 4.78 is 0. The first-order valence-electron chi connectivity index (χ1n) is 5.41. The maximum absolute atomic E-state index is 6.06. The van der Waals surface area contributed by atoms with E-state index in [2.05, 4.69) is 18.3 Å². The molecule has 0 atom stereocenters. The Morgan fingerprint density at radius 3 is 3.07 bits per heavy atom. The quantitative estimate of drug-likeness (QED) is 0.770. The summed E-state index contributed by atoms with van der Waals surface area (Å²) in [5.41, 5.74) is 1.30. The van der Waals surface area contributed by atoms with E-state index >= 15 is 0 Å². The van der Waals surface area contributed by atoms with Crippen molar-refractivity contribution in [1.29, 1.82) is 0 Å². The van der Waals surface area contributed by atoms with Crippen molar-refractivity contribution < 1.29 is 0 Å². The van der Waals surface area contributed by atoms with Crippen LogP contribution in [0.5, 0.6) is 0 Å². The van der Waals surface area contributed by atoms with Gasteiger partial charge in [0.1, 0.15) is 0 Å². The molecule has 2 rings (SSSR count). The lowest BCUT2D eigenvalue weighted by molar-refractivity contribution is 0.690. The Bertz CT molecular complexity index is 352. The van der Waals surface area contributed by atoms with Crippen LogP contribution in [-0.2, 0) is 0 Å². The molecular formula is C12H16ClNS. The Balaban J connectivity index is 1.81. The molecule has 15 heavy (non-hydrogen) atoms. The molecule has 1 aromatic rings. The molecule has 0 bridgehead atoms. The molecule has 1 nitrogen and oxygen atoms in total. The Hall–Kier alpha value is -0.310. The lowest BCUT2D eigenvalue weighted by Crippen LogP contribution is -2.16. The van der Waals surface area contributed by atoms with Gasteiger partial charge in [-0.05, 0) is 49.8 Å². The highest BCUT2D eigenvalue weighted by Gasteiger charge is 2.19. The molecule has 0 aromatic carbocycles. The first-order valence-corrected chi connectivity index (χ1v) is 6.66. The minimum atomic E-state index is 0.809. The fourth-order valence-corrected chi connectivity index (χ4v) is 2.74. The third kappa shape index (κ3) is 3.33. The van der Waals surface area contributed by atoms with Crippen LogP contribution in [0.15, 0.2) is 17.5 Å². The number of halogens is 1. The van der Waals surface area contributed by atoms with Crippen molar-refractivity contribution in [3.63, 3.8) is 0 Å². The Labute approximate surface area is 100 Å². The highest BCUT2D eigenvalue weighted by atomic mass is 35.5. The molecule has 0 radical (unpaired) electrons. The molecule has 3 heteroatoms. The fourth-order valence-electron chi connectivity index (χ4n) is 1.53. The minimum Gasteiger partial charge on any atom is -0.314 e. The first kappa shape index (κ1) is 11.2. The van der Waals surface area contributed by atoms with Gasteiger partial charge >= 0.3 is 0 Å². The fraction of sp³-hybridized carbons (Fsp3) is 0.500. The number of thiophene rings is 1. The standard InChI is InChI=1S/C12H16ClNS/c1-9(12-11(13)6-8-15-12)3-2-7-14-10-4-5-10/h3,6,8,10,14H,2,4-5,7H2,1H3/b9-3-. The monoisotopic (exact) mass is 241 g/mol. The van der Waals surface area contributed by atoms with Crippen molar-refractivity contribution in [2.75, 3.05) is 6.54 Å². The number of rotatable bonds is 5. The Morgan fingerprint density at radius 2 is 2.47 bits per heavy atom. The van der Waals surface area contributed by atoms with E-state index in [1.807, 2.05) is 11.4 Å². The molecule has 82 valence electrons. The predicted octanol–water partition coefficient (Wildman–Crippen LogP) is 3.95. The summed E-state index contributed by atoms with van der Waals surface area (Å²) in [6.07, 6.45) is 6.09. The second kappa shape index (κ2) is 5.15. The number of allylic oxidation sites excluding steroid dienone is 1.